The first-order chi connectivity index (χ1) is 8.83. The molecule has 7 nitrogen and oxygen atoms in total. The standard InChI is InChI=1S/C11H19N7/c1-2-18-11(13-9-14-18)8-17-7-10(15-16-17)5-3-4-6-12/h7,9H,2-6,8,12H2,1H3. The Bertz CT molecular complexity index is 473. The van der Waals surface area contributed by atoms with Crippen LogP contribution in [0.15, 0.2) is 12.5 Å². The maximum absolute atomic E-state index is 5.46. The molecule has 18 heavy (non-hydrogen) atoms. The molecule has 0 aliphatic carbocycles. The minimum absolute atomic E-state index is 0.609. The van der Waals surface area contributed by atoms with Crippen LogP contribution in [-0.4, -0.2) is 36.3 Å². The van der Waals surface area contributed by atoms with Gasteiger partial charge in [0.2, 0.25) is 0 Å². The number of nitrogens with zero attached hydrogens (tertiary/aromatic N) is 6. The molecule has 0 saturated carbocycles. The third-order valence-corrected chi connectivity index (χ3v) is 2.77. The van der Waals surface area contributed by atoms with Gasteiger partial charge < -0.3 is 5.73 Å². The van der Waals surface area contributed by atoms with Crippen molar-refractivity contribution in [2.75, 3.05) is 6.54 Å². The minimum Gasteiger partial charge on any atom is -0.330 e. The van der Waals surface area contributed by atoms with Crippen molar-refractivity contribution in [3.8, 4) is 0 Å². The van der Waals surface area contributed by atoms with E-state index in [-0.39, 0.29) is 0 Å². The molecule has 2 aromatic rings. The molecule has 0 radical (unpaired) electrons. The summed E-state index contributed by atoms with van der Waals surface area (Å²) in [5.74, 6) is 0.899. The summed E-state index contributed by atoms with van der Waals surface area (Å²) in [5, 5.41) is 12.4. The Morgan fingerprint density at radius 1 is 1.33 bits per heavy atom. The molecule has 0 aromatic carbocycles. The molecule has 0 bridgehead atoms. The number of unbranched alkanes of at least 4 members (excludes halogenated alkanes) is 1. The van der Waals surface area contributed by atoms with Crippen molar-refractivity contribution in [1.29, 1.82) is 0 Å². The van der Waals surface area contributed by atoms with Crippen molar-refractivity contribution >= 4 is 0 Å². The quantitative estimate of drug-likeness (QED) is 0.709. The van der Waals surface area contributed by atoms with Crippen molar-refractivity contribution in [3.63, 3.8) is 0 Å². The first-order valence-electron chi connectivity index (χ1n) is 6.29. The average Bonchev–Trinajstić information content (AvgIpc) is 2.99. The summed E-state index contributed by atoms with van der Waals surface area (Å²) in [4.78, 5) is 4.21. The molecule has 2 aromatic heterocycles. The fraction of sp³-hybridized carbons (Fsp3) is 0.636. The molecule has 0 atom stereocenters. The van der Waals surface area contributed by atoms with Gasteiger partial charge in [0.05, 0.1) is 5.69 Å². The molecule has 7 heteroatoms. The predicted molar refractivity (Wildman–Crippen MR) is 66.8 cm³/mol. The lowest BCUT2D eigenvalue weighted by atomic mass is 10.2. The second kappa shape index (κ2) is 6.25. The van der Waals surface area contributed by atoms with Gasteiger partial charge in [0, 0.05) is 12.7 Å². The number of aryl methyl sites for hydroxylation is 2. The maximum atomic E-state index is 5.46. The molecule has 2 N–H and O–H groups in total. The molecular weight excluding hydrogens is 230 g/mol. The topological polar surface area (TPSA) is 87.4 Å². The third-order valence-electron chi connectivity index (χ3n) is 2.77. The van der Waals surface area contributed by atoms with E-state index in [0.717, 1.165) is 43.9 Å². The van der Waals surface area contributed by atoms with E-state index in [0.29, 0.717) is 6.54 Å². The maximum Gasteiger partial charge on any atom is 0.148 e. The molecule has 0 aliphatic heterocycles. The molecule has 0 spiro atoms. The largest absolute Gasteiger partial charge is 0.330 e. The first kappa shape index (κ1) is 12.7. The van der Waals surface area contributed by atoms with E-state index in [2.05, 4.69) is 20.4 Å². The van der Waals surface area contributed by atoms with Crippen LogP contribution in [0.1, 0.15) is 31.3 Å². The molecule has 0 fully saturated rings. The van der Waals surface area contributed by atoms with E-state index < -0.39 is 0 Å². The fourth-order valence-electron chi connectivity index (χ4n) is 1.80. The first-order valence-corrected chi connectivity index (χ1v) is 6.29. The Balaban J connectivity index is 1.94. The van der Waals surface area contributed by atoms with Crippen molar-refractivity contribution in [1.82, 2.24) is 29.8 Å². The highest BCUT2D eigenvalue weighted by molar-refractivity contribution is 4.94. The lowest BCUT2D eigenvalue weighted by Gasteiger charge is -2.01. The van der Waals surface area contributed by atoms with Crippen molar-refractivity contribution in [2.45, 2.75) is 39.3 Å². The molecule has 2 rings (SSSR count). The summed E-state index contributed by atoms with van der Waals surface area (Å²) < 4.78 is 3.66. The summed E-state index contributed by atoms with van der Waals surface area (Å²) in [6, 6.07) is 0. The number of nitrogens with two attached hydrogens (primary N) is 1. The van der Waals surface area contributed by atoms with Gasteiger partial charge in [-0.1, -0.05) is 5.21 Å². The van der Waals surface area contributed by atoms with Gasteiger partial charge in [-0.15, -0.1) is 5.10 Å². The van der Waals surface area contributed by atoms with Gasteiger partial charge in [-0.25, -0.2) is 14.3 Å². The van der Waals surface area contributed by atoms with E-state index in [9.17, 15) is 0 Å². The second-order valence-corrected chi connectivity index (χ2v) is 4.15. The summed E-state index contributed by atoms with van der Waals surface area (Å²) in [6.07, 6.45) is 6.54. The summed E-state index contributed by atoms with van der Waals surface area (Å²) in [5.41, 5.74) is 6.47. The molecular formula is C11H19N7. The Labute approximate surface area is 106 Å². The lowest BCUT2D eigenvalue weighted by Crippen LogP contribution is -2.09. The second-order valence-electron chi connectivity index (χ2n) is 4.15. The number of rotatable bonds is 7. The van der Waals surface area contributed by atoms with Gasteiger partial charge >= 0.3 is 0 Å². The van der Waals surface area contributed by atoms with E-state index in [1.54, 1.807) is 11.0 Å². The van der Waals surface area contributed by atoms with Gasteiger partial charge in [0.25, 0.3) is 0 Å². The number of hydrogen-bond donors (Lipinski definition) is 1. The lowest BCUT2D eigenvalue weighted by molar-refractivity contribution is 0.557. The van der Waals surface area contributed by atoms with Crippen molar-refractivity contribution in [3.05, 3.63) is 24.0 Å². The van der Waals surface area contributed by atoms with Gasteiger partial charge in [0.1, 0.15) is 18.7 Å². The van der Waals surface area contributed by atoms with Crippen molar-refractivity contribution in [2.24, 2.45) is 5.73 Å². The number of aromatic nitrogens is 6. The molecule has 0 amide bonds. The Morgan fingerprint density at radius 3 is 3.00 bits per heavy atom. The molecule has 0 aliphatic rings. The van der Waals surface area contributed by atoms with E-state index >= 15 is 0 Å². The smallest absolute Gasteiger partial charge is 0.148 e. The zero-order valence-corrected chi connectivity index (χ0v) is 10.7. The third kappa shape index (κ3) is 3.13. The Morgan fingerprint density at radius 2 is 2.22 bits per heavy atom. The van der Waals surface area contributed by atoms with Gasteiger partial charge in [0.15, 0.2) is 0 Å². The van der Waals surface area contributed by atoms with E-state index in [4.69, 9.17) is 5.73 Å². The van der Waals surface area contributed by atoms with Gasteiger partial charge in [-0.2, -0.15) is 5.10 Å². The zero-order valence-electron chi connectivity index (χ0n) is 10.7. The highest BCUT2D eigenvalue weighted by atomic mass is 15.4. The Kier molecular flexibility index (Phi) is 4.40. The van der Waals surface area contributed by atoms with Crippen LogP contribution in [0.25, 0.3) is 0 Å². The summed E-state index contributed by atoms with van der Waals surface area (Å²) in [6.45, 7) is 4.19. The van der Waals surface area contributed by atoms with Crippen LogP contribution in [0.2, 0.25) is 0 Å². The van der Waals surface area contributed by atoms with Crippen LogP contribution in [0.3, 0.4) is 0 Å². The normalized spacial score (nSPS) is 11.0. The van der Waals surface area contributed by atoms with E-state index in [1.165, 1.54) is 0 Å². The van der Waals surface area contributed by atoms with E-state index in [1.807, 2.05) is 17.8 Å². The molecule has 2 heterocycles. The molecule has 0 unspecified atom stereocenters. The Hall–Kier alpha value is -1.76. The van der Waals surface area contributed by atoms with Crippen LogP contribution in [-0.2, 0) is 19.5 Å². The monoisotopic (exact) mass is 249 g/mol. The molecule has 98 valence electrons. The average molecular weight is 249 g/mol. The highest BCUT2D eigenvalue weighted by Crippen LogP contribution is 2.02. The SMILES string of the molecule is CCn1ncnc1Cn1cc(CCCCN)nn1. The van der Waals surface area contributed by atoms with Crippen molar-refractivity contribution < 1.29 is 0 Å². The van der Waals surface area contributed by atoms with Gasteiger partial charge in [-0.3, -0.25) is 0 Å². The summed E-state index contributed by atoms with van der Waals surface area (Å²) >= 11 is 0. The highest BCUT2D eigenvalue weighted by Gasteiger charge is 2.06. The fourth-order valence-corrected chi connectivity index (χ4v) is 1.80. The molecule has 0 saturated heterocycles. The predicted octanol–water partition coefficient (Wildman–Crippen LogP) is 0.219. The van der Waals surface area contributed by atoms with Gasteiger partial charge in [-0.05, 0) is 32.7 Å². The van der Waals surface area contributed by atoms with Crippen LogP contribution in [0, 0.1) is 0 Å². The summed E-state index contributed by atoms with van der Waals surface area (Å²) in [7, 11) is 0. The van der Waals surface area contributed by atoms with Crippen LogP contribution < -0.4 is 5.73 Å². The minimum atomic E-state index is 0.609. The zero-order chi connectivity index (χ0) is 12.8. The van der Waals surface area contributed by atoms with Crippen LogP contribution >= 0.6 is 0 Å². The number of hydrogen-bond acceptors (Lipinski definition) is 5. The van der Waals surface area contributed by atoms with Crippen LogP contribution in [0.4, 0.5) is 0 Å². The van der Waals surface area contributed by atoms with Crippen LogP contribution in [0.5, 0.6) is 0 Å².